The van der Waals surface area contributed by atoms with E-state index in [-0.39, 0.29) is 29.9 Å². The van der Waals surface area contributed by atoms with E-state index in [4.69, 9.17) is 0 Å². The first-order valence-corrected chi connectivity index (χ1v) is 10.3. The van der Waals surface area contributed by atoms with Crippen molar-refractivity contribution < 1.29 is 4.79 Å². The number of benzene rings is 2. The Balaban J connectivity index is 0.00000363. The second kappa shape index (κ2) is 11.7. The van der Waals surface area contributed by atoms with Crippen LogP contribution in [0.15, 0.2) is 59.6 Å². The van der Waals surface area contributed by atoms with Crippen molar-refractivity contribution in [2.75, 3.05) is 21.1 Å². The lowest BCUT2D eigenvalue weighted by Gasteiger charge is -2.15. The van der Waals surface area contributed by atoms with Gasteiger partial charge in [-0.2, -0.15) is 5.10 Å². The molecular weight excluding hydrogens is 515 g/mol. The predicted molar refractivity (Wildman–Crippen MR) is 140 cm³/mol. The van der Waals surface area contributed by atoms with Gasteiger partial charge in [0.25, 0.3) is 5.91 Å². The molecule has 0 saturated heterocycles. The monoisotopic (exact) mass is 546 g/mol. The normalized spacial score (nSPS) is 11.0. The summed E-state index contributed by atoms with van der Waals surface area (Å²) in [7, 11) is 5.25. The molecule has 0 radical (unpaired) electrons. The van der Waals surface area contributed by atoms with Crippen molar-refractivity contribution >= 4 is 35.8 Å². The molecule has 0 unspecified atom stereocenters. The number of carbonyl (C=O) groups excluding carboxylic acids is 1. The standard InChI is InChI=1S/C24H30N6O.HI/c1-17-14-18(2)30(28-17)22-9-7-6-8-21(22)16-27-24(25-3)26-15-19-10-12-20(13-11-19)23(31)29(4)5;/h6-14H,15-16H2,1-5H3,(H2,25,26,27);1H. The first kappa shape index (κ1) is 25.4. The zero-order valence-corrected chi connectivity index (χ0v) is 21.5. The average Bonchev–Trinajstić information content (AvgIpc) is 3.11. The van der Waals surface area contributed by atoms with Gasteiger partial charge in [0.15, 0.2) is 5.96 Å². The number of guanidine groups is 1. The number of carbonyl (C=O) groups is 1. The first-order chi connectivity index (χ1) is 14.9. The molecule has 32 heavy (non-hydrogen) atoms. The zero-order chi connectivity index (χ0) is 22.4. The quantitative estimate of drug-likeness (QED) is 0.281. The molecular formula is C24H31IN6O. The summed E-state index contributed by atoms with van der Waals surface area (Å²) in [5, 5.41) is 11.3. The van der Waals surface area contributed by atoms with Crippen LogP contribution in [0.25, 0.3) is 5.69 Å². The topological polar surface area (TPSA) is 74.6 Å². The molecule has 3 aromatic rings. The highest BCUT2D eigenvalue weighted by Crippen LogP contribution is 2.17. The molecule has 3 rings (SSSR count). The van der Waals surface area contributed by atoms with Gasteiger partial charge >= 0.3 is 0 Å². The molecule has 0 aliphatic rings. The predicted octanol–water partition coefficient (Wildman–Crippen LogP) is 3.67. The summed E-state index contributed by atoms with van der Waals surface area (Å²) in [4.78, 5) is 17.9. The van der Waals surface area contributed by atoms with E-state index in [2.05, 4.69) is 45.8 Å². The fraction of sp³-hybridized carbons (Fsp3) is 0.292. The van der Waals surface area contributed by atoms with Crippen molar-refractivity contribution in [3.05, 3.63) is 82.7 Å². The maximum absolute atomic E-state index is 12.0. The Bertz CT molecular complexity index is 1070. The number of nitrogens with zero attached hydrogens (tertiary/aromatic N) is 4. The molecule has 0 fully saturated rings. The molecule has 0 aliphatic carbocycles. The van der Waals surface area contributed by atoms with E-state index in [0.717, 1.165) is 28.2 Å². The van der Waals surface area contributed by atoms with E-state index >= 15 is 0 Å². The van der Waals surface area contributed by atoms with E-state index in [1.54, 1.807) is 26.0 Å². The van der Waals surface area contributed by atoms with Crippen LogP contribution in [0.1, 0.15) is 32.9 Å². The molecule has 2 aromatic carbocycles. The maximum atomic E-state index is 12.0. The van der Waals surface area contributed by atoms with Crippen LogP contribution < -0.4 is 10.6 Å². The van der Waals surface area contributed by atoms with Crippen molar-refractivity contribution in [2.45, 2.75) is 26.9 Å². The summed E-state index contributed by atoms with van der Waals surface area (Å²) in [6, 6.07) is 17.9. The SMILES string of the molecule is CN=C(NCc1ccc(C(=O)N(C)C)cc1)NCc1ccccc1-n1nc(C)cc1C.I. The van der Waals surface area contributed by atoms with Gasteiger partial charge in [-0.3, -0.25) is 9.79 Å². The van der Waals surface area contributed by atoms with Gasteiger partial charge in [-0.05, 0) is 49.2 Å². The lowest BCUT2D eigenvalue weighted by atomic mass is 10.1. The third-order valence-electron chi connectivity index (χ3n) is 4.97. The molecule has 7 nitrogen and oxygen atoms in total. The van der Waals surface area contributed by atoms with Gasteiger partial charge in [-0.25, -0.2) is 4.68 Å². The minimum absolute atomic E-state index is 0. The molecule has 0 spiro atoms. The van der Waals surface area contributed by atoms with Crippen molar-refractivity contribution in [1.82, 2.24) is 25.3 Å². The van der Waals surface area contributed by atoms with Crippen LogP contribution >= 0.6 is 24.0 Å². The summed E-state index contributed by atoms with van der Waals surface area (Å²) in [6.07, 6.45) is 0. The fourth-order valence-corrected chi connectivity index (χ4v) is 3.35. The van der Waals surface area contributed by atoms with E-state index in [0.29, 0.717) is 24.6 Å². The van der Waals surface area contributed by atoms with Gasteiger partial charge in [0.05, 0.1) is 11.4 Å². The molecule has 0 atom stereocenters. The van der Waals surface area contributed by atoms with E-state index < -0.39 is 0 Å². The minimum atomic E-state index is -0.00161. The highest BCUT2D eigenvalue weighted by atomic mass is 127. The minimum Gasteiger partial charge on any atom is -0.352 e. The van der Waals surface area contributed by atoms with Crippen LogP contribution in [-0.4, -0.2) is 47.7 Å². The molecule has 8 heteroatoms. The van der Waals surface area contributed by atoms with Crippen LogP contribution in [0, 0.1) is 13.8 Å². The van der Waals surface area contributed by atoms with Gasteiger partial charge in [0.2, 0.25) is 0 Å². The molecule has 1 amide bonds. The second-order valence-corrected chi connectivity index (χ2v) is 7.64. The summed E-state index contributed by atoms with van der Waals surface area (Å²) < 4.78 is 1.97. The smallest absolute Gasteiger partial charge is 0.253 e. The van der Waals surface area contributed by atoms with Crippen molar-refractivity contribution in [3.8, 4) is 5.69 Å². The highest BCUT2D eigenvalue weighted by molar-refractivity contribution is 14.0. The van der Waals surface area contributed by atoms with Crippen LogP contribution in [-0.2, 0) is 13.1 Å². The number of amides is 1. The maximum Gasteiger partial charge on any atom is 0.253 e. The van der Waals surface area contributed by atoms with Crippen LogP contribution in [0.4, 0.5) is 0 Å². The molecule has 2 N–H and O–H groups in total. The molecule has 1 aromatic heterocycles. The Morgan fingerprint density at radius 1 is 1.03 bits per heavy atom. The summed E-state index contributed by atoms with van der Waals surface area (Å²) >= 11 is 0. The van der Waals surface area contributed by atoms with Crippen molar-refractivity contribution in [1.29, 1.82) is 0 Å². The number of para-hydroxylation sites is 1. The Morgan fingerprint density at radius 3 is 2.28 bits per heavy atom. The highest BCUT2D eigenvalue weighted by Gasteiger charge is 2.10. The lowest BCUT2D eigenvalue weighted by molar-refractivity contribution is 0.0827. The van der Waals surface area contributed by atoms with Crippen LogP contribution in [0.2, 0.25) is 0 Å². The average molecular weight is 546 g/mol. The number of aromatic nitrogens is 2. The lowest BCUT2D eigenvalue weighted by Crippen LogP contribution is -2.36. The Morgan fingerprint density at radius 2 is 1.69 bits per heavy atom. The van der Waals surface area contributed by atoms with Gasteiger partial charge in [-0.1, -0.05) is 30.3 Å². The third kappa shape index (κ3) is 6.32. The summed E-state index contributed by atoms with van der Waals surface area (Å²) in [5.41, 5.74) is 6.03. The molecule has 170 valence electrons. The third-order valence-corrected chi connectivity index (χ3v) is 4.97. The Hall–Kier alpha value is -2.88. The second-order valence-electron chi connectivity index (χ2n) is 7.64. The van der Waals surface area contributed by atoms with E-state index in [1.807, 2.05) is 48.0 Å². The summed E-state index contributed by atoms with van der Waals surface area (Å²) in [5.74, 6) is 0.704. The van der Waals surface area contributed by atoms with Crippen molar-refractivity contribution in [3.63, 3.8) is 0 Å². The van der Waals surface area contributed by atoms with Crippen molar-refractivity contribution in [2.24, 2.45) is 4.99 Å². The Labute approximate surface area is 206 Å². The number of hydrogen-bond donors (Lipinski definition) is 2. The number of halogens is 1. The van der Waals surface area contributed by atoms with Gasteiger partial charge in [0.1, 0.15) is 0 Å². The van der Waals surface area contributed by atoms with Crippen LogP contribution in [0.3, 0.4) is 0 Å². The number of hydrogen-bond acceptors (Lipinski definition) is 3. The number of nitrogens with one attached hydrogen (secondary N) is 2. The molecule has 0 bridgehead atoms. The van der Waals surface area contributed by atoms with Gasteiger partial charge in [0, 0.05) is 45.5 Å². The molecule has 0 saturated carbocycles. The first-order valence-electron chi connectivity index (χ1n) is 10.3. The fourth-order valence-electron chi connectivity index (χ4n) is 3.35. The largest absolute Gasteiger partial charge is 0.352 e. The van der Waals surface area contributed by atoms with E-state index in [1.165, 1.54) is 0 Å². The number of rotatable bonds is 6. The van der Waals surface area contributed by atoms with Crippen LogP contribution in [0.5, 0.6) is 0 Å². The van der Waals surface area contributed by atoms with Gasteiger partial charge < -0.3 is 15.5 Å². The van der Waals surface area contributed by atoms with E-state index in [9.17, 15) is 4.79 Å². The molecule has 0 aliphatic heterocycles. The molecule has 1 heterocycles. The number of aryl methyl sites for hydroxylation is 2. The Kier molecular flexibility index (Phi) is 9.25. The number of aliphatic imine (C=N–C) groups is 1. The zero-order valence-electron chi connectivity index (χ0n) is 19.2. The van der Waals surface area contributed by atoms with Gasteiger partial charge in [-0.15, -0.1) is 24.0 Å². The summed E-state index contributed by atoms with van der Waals surface area (Å²) in [6.45, 7) is 5.28.